The fourth-order valence-electron chi connectivity index (χ4n) is 1.82. The molecule has 0 atom stereocenters. The average Bonchev–Trinajstić information content (AvgIpc) is 2.61. The van der Waals surface area contributed by atoms with Gasteiger partial charge in [-0.3, -0.25) is 0 Å². The van der Waals surface area contributed by atoms with Crippen LogP contribution < -0.4 is 5.32 Å². The van der Waals surface area contributed by atoms with Crippen molar-refractivity contribution in [2.45, 2.75) is 33.6 Å². The second-order valence-electron chi connectivity index (χ2n) is 4.30. The Morgan fingerprint density at radius 1 is 1.44 bits per heavy atom. The lowest BCUT2D eigenvalue weighted by atomic mass is 10.1. The van der Waals surface area contributed by atoms with E-state index in [0.29, 0.717) is 5.92 Å². The zero-order valence-corrected chi connectivity index (χ0v) is 10.3. The largest absolute Gasteiger partial charge is 0.370 e. The van der Waals surface area contributed by atoms with Gasteiger partial charge in [0.2, 0.25) is 0 Å². The third kappa shape index (κ3) is 1.75. The maximum absolute atomic E-state index is 4.56. The lowest BCUT2D eigenvalue weighted by Gasteiger charge is -2.08. The summed E-state index contributed by atoms with van der Waals surface area (Å²) in [6, 6.07) is 2.02. The van der Waals surface area contributed by atoms with E-state index in [1.165, 1.54) is 5.56 Å². The van der Waals surface area contributed by atoms with Crippen LogP contribution in [0.1, 0.15) is 37.9 Å². The van der Waals surface area contributed by atoms with E-state index in [2.05, 4.69) is 36.2 Å². The minimum atomic E-state index is 0.446. The molecule has 0 amide bonds. The first kappa shape index (κ1) is 10.9. The van der Waals surface area contributed by atoms with Crippen LogP contribution in [0.3, 0.4) is 0 Å². The number of aryl methyl sites for hydroxylation is 1. The van der Waals surface area contributed by atoms with Gasteiger partial charge in [-0.25, -0.2) is 4.98 Å². The number of aromatic nitrogens is 3. The third-order valence-electron chi connectivity index (χ3n) is 2.61. The van der Waals surface area contributed by atoms with Gasteiger partial charge in [0.15, 0.2) is 5.65 Å². The van der Waals surface area contributed by atoms with Gasteiger partial charge in [-0.05, 0) is 19.8 Å². The molecular formula is C12H18N4. The number of anilines is 1. The van der Waals surface area contributed by atoms with E-state index in [9.17, 15) is 0 Å². The van der Waals surface area contributed by atoms with Crippen molar-refractivity contribution < 1.29 is 0 Å². The quantitative estimate of drug-likeness (QED) is 0.861. The van der Waals surface area contributed by atoms with Crippen LogP contribution in [0.15, 0.2) is 12.3 Å². The van der Waals surface area contributed by atoms with E-state index in [1.807, 2.05) is 23.7 Å². The molecule has 0 spiro atoms. The lowest BCUT2D eigenvalue weighted by Crippen LogP contribution is -2.06. The van der Waals surface area contributed by atoms with Crippen molar-refractivity contribution >= 4 is 11.5 Å². The summed E-state index contributed by atoms with van der Waals surface area (Å²) in [5.74, 6) is 1.46. The van der Waals surface area contributed by atoms with Crippen LogP contribution >= 0.6 is 0 Å². The molecule has 2 heterocycles. The Bertz CT molecular complexity index is 499. The molecule has 0 unspecified atom stereocenters. The fourth-order valence-corrected chi connectivity index (χ4v) is 1.82. The SMILES string of the molecule is CCNc1cc(C)nc2c(C(C)C)cnn12. The van der Waals surface area contributed by atoms with Gasteiger partial charge < -0.3 is 5.32 Å². The highest BCUT2D eigenvalue weighted by molar-refractivity contribution is 5.55. The second-order valence-corrected chi connectivity index (χ2v) is 4.30. The van der Waals surface area contributed by atoms with Crippen LogP contribution in [-0.2, 0) is 0 Å². The Morgan fingerprint density at radius 3 is 2.81 bits per heavy atom. The van der Waals surface area contributed by atoms with Crippen molar-refractivity contribution in [3.8, 4) is 0 Å². The summed E-state index contributed by atoms with van der Waals surface area (Å²) >= 11 is 0. The van der Waals surface area contributed by atoms with Gasteiger partial charge in [0.05, 0.1) is 6.20 Å². The van der Waals surface area contributed by atoms with Crippen molar-refractivity contribution in [1.29, 1.82) is 0 Å². The molecule has 1 N–H and O–H groups in total. The van der Waals surface area contributed by atoms with Crippen LogP contribution in [0, 0.1) is 6.92 Å². The van der Waals surface area contributed by atoms with Crippen LogP contribution in [0.25, 0.3) is 5.65 Å². The van der Waals surface area contributed by atoms with Gasteiger partial charge >= 0.3 is 0 Å². The van der Waals surface area contributed by atoms with E-state index >= 15 is 0 Å². The Kier molecular flexibility index (Phi) is 2.81. The second kappa shape index (κ2) is 4.12. The van der Waals surface area contributed by atoms with Crippen molar-refractivity contribution in [1.82, 2.24) is 14.6 Å². The Balaban J connectivity index is 2.65. The van der Waals surface area contributed by atoms with Crippen molar-refractivity contribution in [2.24, 2.45) is 0 Å². The van der Waals surface area contributed by atoms with E-state index in [0.717, 1.165) is 23.7 Å². The molecule has 0 fully saturated rings. The molecule has 16 heavy (non-hydrogen) atoms. The first-order chi connectivity index (χ1) is 7.63. The van der Waals surface area contributed by atoms with Crippen LogP contribution in [0.5, 0.6) is 0 Å². The summed E-state index contributed by atoms with van der Waals surface area (Å²) in [5, 5.41) is 7.70. The van der Waals surface area contributed by atoms with Crippen molar-refractivity contribution in [3.63, 3.8) is 0 Å². The number of fused-ring (bicyclic) bond motifs is 1. The number of rotatable bonds is 3. The van der Waals surface area contributed by atoms with Gasteiger partial charge in [-0.2, -0.15) is 9.61 Å². The molecule has 0 aliphatic heterocycles. The molecule has 0 aromatic carbocycles. The summed E-state index contributed by atoms with van der Waals surface area (Å²) in [4.78, 5) is 4.56. The summed E-state index contributed by atoms with van der Waals surface area (Å²) < 4.78 is 1.88. The van der Waals surface area contributed by atoms with Gasteiger partial charge in [-0.15, -0.1) is 0 Å². The molecule has 0 aliphatic carbocycles. The van der Waals surface area contributed by atoms with Crippen LogP contribution in [0.2, 0.25) is 0 Å². The Hall–Kier alpha value is -1.58. The minimum absolute atomic E-state index is 0.446. The standard InChI is InChI=1S/C12H18N4/c1-5-13-11-6-9(4)15-12-10(8(2)3)7-14-16(11)12/h6-8,13H,5H2,1-4H3. The monoisotopic (exact) mass is 218 g/mol. The molecule has 0 aliphatic rings. The predicted octanol–water partition coefficient (Wildman–Crippen LogP) is 2.59. The first-order valence-corrected chi connectivity index (χ1v) is 5.72. The molecule has 0 saturated heterocycles. The smallest absolute Gasteiger partial charge is 0.160 e. The summed E-state index contributed by atoms with van der Waals surface area (Å²) in [6.07, 6.45) is 1.91. The number of hydrogen-bond acceptors (Lipinski definition) is 3. The molecule has 2 aromatic rings. The van der Waals surface area contributed by atoms with Gasteiger partial charge in [0.1, 0.15) is 5.82 Å². The topological polar surface area (TPSA) is 42.2 Å². The average molecular weight is 218 g/mol. The lowest BCUT2D eigenvalue weighted by molar-refractivity contribution is 0.870. The summed E-state index contributed by atoms with van der Waals surface area (Å²) in [6.45, 7) is 9.30. The summed E-state index contributed by atoms with van der Waals surface area (Å²) in [7, 11) is 0. The molecule has 0 saturated carbocycles. The van der Waals surface area contributed by atoms with E-state index in [1.54, 1.807) is 0 Å². The van der Waals surface area contributed by atoms with E-state index in [4.69, 9.17) is 0 Å². The van der Waals surface area contributed by atoms with Crippen molar-refractivity contribution in [2.75, 3.05) is 11.9 Å². The first-order valence-electron chi connectivity index (χ1n) is 5.72. The molecule has 0 bridgehead atoms. The molecule has 4 nitrogen and oxygen atoms in total. The zero-order chi connectivity index (χ0) is 11.7. The number of hydrogen-bond donors (Lipinski definition) is 1. The van der Waals surface area contributed by atoms with Gasteiger partial charge in [0, 0.05) is 23.9 Å². The number of nitrogens with zero attached hydrogens (tertiary/aromatic N) is 3. The highest BCUT2D eigenvalue weighted by Crippen LogP contribution is 2.21. The van der Waals surface area contributed by atoms with Gasteiger partial charge in [0.25, 0.3) is 0 Å². The van der Waals surface area contributed by atoms with E-state index < -0.39 is 0 Å². The Morgan fingerprint density at radius 2 is 2.19 bits per heavy atom. The molecule has 0 radical (unpaired) electrons. The minimum Gasteiger partial charge on any atom is -0.370 e. The highest BCUT2D eigenvalue weighted by atomic mass is 15.3. The maximum atomic E-state index is 4.56. The molecule has 2 rings (SSSR count). The van der Waals surface area contributed by atoms with Gasteiger partial charge in [-0.1, -0.05) is 13.8 Å². The molecule has 86 valence electrons. The molecule has 2 aromatic heterocycles. The predicted molar refractivity (Wildman–Crippen MR) is 66.0 cm³/mol. The third-order valence-corrected chi connectivity index (χ3v) is 2.61. The normalized spacial score (nSPS) is 11.3. The molecule has 4 heteroatoms. The van der Waals surface area contributed by atoms with Crippen LogP contribution in [0.4, 0.5) is 5.82 Å². The zero-order valence-electron chi connectivity index (χ0n) is 10.3. The number of nitrogens with one attached hydrogen (secondary N) is 1. The fraction of sp³-hybridized carbons (Fsp3) is 0.500. The summed E-state index contributed by atoms with van der Waals surface area (Å²) in [5.41, 5.74) is 3.18. The Labute approximate surface area is 95.7 Å². The highest BCUT2D eigenvalue weighted by Gasteiger charge is 2.11. The van der Waals surface area contributed by atoms with Crippen LogP contribution in [-0.4, -0.2) is 21.1 Å². The van der Waals surface area contributed by atoms with Crippen molar-refractivity contribution in [3.05, 3.63) is 23.5 Å². The van der Waals surface area contributed by atoms with E-state index in [-0.39, 0.29) is 0 Å². The maximum Gasteiger partial charge on any atom is 0.160 e. The molecular weight excluding hydrogens is 200 g/mol.